The van der Waals surface area contributed by atoms with Crippen LogP contribution in [0.1, 0.15) is 42.0 Å². The van der Waals surface area contributed by atoms with Gasteiger partial charge < -0.3 is 21.7 Å². The minimum atomic E-state index is -0.191. The number of anilines is 1. The third-order valence-electron chi connectivity index (χ3n) is 5.38. The Morgan fingerprint density at radius 2 is 2.13 bits per heavy atom. The number of nitrogens with two attached hydrogens (primary N) is 1. The number of aromatic nitrogens is 3. The first-order valence-corrected chi connectivity index (χ1v) is 10.4. The molecule has 3 heterocycles. The number of nitrogens with one attached hydrogen (secondary N) is 3. The van der Waals surface area contributed by atoms with E-state index >= 15 is 0 Å². The first kappa shape index (κ1) is 20.6. The van der Waals surface area contributed by atoms with Crippen molar-refractivity contribution in [3.63, 3.8) is 0 Å². The number of nitrogens with zero attached hydrogens (tertiary/aromatic N) is 3. The number of benzene rings is 1. The zero-order chi connectivity index (χ0) is 21.8. The molecule has 1 aliphatic rings. The summed E-state index contributed by atoms with van der Waals surface area (Å²) in [7, 11) is 1.76. The molecule has 1 amide bonds. The van der Waals surface area contributed by atoms with Crippen LogP contribution in [-0.4, -0.2) is 33.9 Å². The number of imidazole rings is 1. The molecule has 1 saturated heterocycles. The molecule has 1 atom stereocenters. The van der Waals surface area contributed by atoms with E-state index in [0.29, 0.717) is 17.2 Å². The van der Waals surface area contributed by atoms with E-state index in [0.717, 1.165) is 42.0 Å². The molecule has 0 aliphatic carbocycles. The van der Waals surface area contributed by atoms with Crippen LogP contribution in [0, 0.1) is 0 Å². The predicted molar refractivity (Wildman–Crippen MR) is 122 cm³/mol. The highest BCUT2D eigenvalue weighted by Gasteiger charge is 2.24. The topological polar surface area (TPSA) is 109 Å². The fourth-order valence-corrected chi connectivity index (χ4v) is 3.79. The van der Waals surface area contributed by atoms with Gasteiger partial charge in [-0.15, -0.1) is 0 Å². The van der Waals surface area contributed by atoms with E-state index in [4.69, 9.17) is 10.7 Å². The number of fused-ring (bicyclic) bond motifs is 1. The highest BCUT2D eigenvalue weighted by molar-refractivity contribution is 5.96. The number of hydrogen-bond acceptors (Lipinski definition) is 6. The van der Waals surface area contributed by atoms with Crippen LogP contribution in [0.5, 0.6) is 0 Å². The van der Waals surface area contributed by atoms with Crippen molar-refractivity contribution in [3.8, 4) is 11.3 Å². The smallest absolute Gasteiger partial charge is 0.256 e. The molecule has 160 valence electrons. The van der Waals surface area contributed by atoms with E-state index in [1.807, 2.05) is 41.8 Å². The summed E-state index contributed by atoms with van der Waals surface area (Å²) in [6, 6.07) is 7.56. The molecular formula is C23H27N7O. The van der Waals surface area contributed by atoms with E-state index in [1.54, 1.807) is 31.5 Å². The summed E-state index contributed by atoms with van der Waals surface area (Å²) in [5.74, 6) is 1.80. The average molecular weight is 418 g/mol. The van der Waals surface area contributed by atoms with Gasteiger partial charge in [0, 0.05) is 30.6 Å². The maximum Gasteiger partial charge on any atom is 0.256 e. The van der Waals surface area contributed by atoms with Crippen LogP contribution in [0.15, 0.2) is 60.7 Å². The van der Waals surface area contributed by atoms with Crippen molar-refractivity contribution in [1.82, 2.24) is 30.3 Å². The second-order valence-electron chi connectivity index (χ2n) is 7.39. The zero-order valence-corrected chi connectivity index (χ0v) is 17.7. The SMILES string of the molecule is C/C=C\C=C(/NC)NC(=O)c1ccc(-c2nc(C3CCCN3)n3ccnc(N)c23)cc1. The van der Waals surface area contributed by atoms with Crippen LogP contribution in [0.25, 0.3) is 16.8 Å². The highest BCUT2D eigenvalue weighted by Crippen LogP contribution is 2.32. The number of nitrogen functional groups attached to an aromatic ring is 1. The Morgan fingerprint density at radius 3 is 2.81 bits per heavy atom. The lowest BCUT2D eigenvalue weighted by Gasteiger charge is -2.09. The van der Waals surface area contributed by atoms with E-state index < -0.39 is 0 Å². The van der Waals surface area contributed by atoms with Gasteiger partial charge in [0.1, 0.15) is 28.7 Å². The van der Waals surface area contributed by atoms with Crippen molar-refractivity contribution < 1.29 is 4.79 Å². The normalized spacial score (nSPS) is 16.8. The second kappa shape index (κ2) is 9.01. The van der Waals surface area contributed by atoms with Crippen LogP contribution in [0.3, 0.4) is 0 Å². The van der Waals surface area contributed by atoms with Gasteiger partial charge in [0.15, 0.2) is 0 Å². The summed E-state index contributed by atoms with van der Waals surface area (Å²) in [5.41, 5.74) is 9.21. The van der Waals surface area contributed by atoms with Gasteiger partial charge in [0.05, 0.1) is 6.04 Å². The van der Waals surface area contributed by atoms with Gasteiger partial charge in [0.2, 0.25) is 0 Å². The molecule has 0 saturated carbocycles. The summed E-state index contributed by atoms with van der Waals surface area (Å²) in [5, 5.41) is 9.33. The number of rotatable bonds is 6. The van der Waals surface area contributed by atoms with Gasteiger partial charge in [-0.25, -0.2) is 9.97 Å². The van der Waals surface area contributed by atoms with Crippen molar-refractivity contribution in [2.45, 2.75) is 25.8 Å². The first-order valence-electron chi connectivity index (χ1n) is 10.4. The number of amides is 1. The fourth-order valence-electron chi connectivity index (χ4n) is 3.79. The summed E-state index contributed by atoms with van der Waals surface area (Å²) in [6.07, 6.45) is 11.3. The van der Waals surface area contributed by atoms with Crippen LogP contribution in [0.2, 0.25) is 0 Å². The Hall–Kier alpha value is -3.65. The Morgan fingerprint density at radius 1 is 1.32 bits per heavy atom. The molecule has 3 aromatic rings. The van der Waals surface area contributed by atoms with Gasteiger partial charge in [-0.3, -0.25) is 9.20 Å². The average Bonchev–Trinajstić information content (AvgIpc) is 3.45. The molecular weight excluding hydrogens is 390 g/mol. The summed E-state index contributed by atoms with van der Waals surface area (Å²) >= 11 is 0. The maximum absolute atomic E-state index is 12.6. The molecule has 5 N–H and O–H groups in total. The number of allylic oxidation sites excluding steroid dienone is 3. The summed E-state index contributed by atoms with van der Waals surface area (Å²) in [4.78, 5) is 21.8. The molecule has 0 radical (unpaired) electrons. The van der Waals surface area contributed by atoms with Crippen LogP contribution >= 0.6 is 0 Å². The standard InChI is InChI=1S/C23H27N7O/c1-3-4-7-18(25-2)28-23(31)16-10-8-15(9-11-16)19-20-21(24)27-13-14-30(20)22(29-19)17-6-5-12-26-17/h3-4,7-11,13-14,17,25-26H,5-6,12H2,1-2H3,(H2,24,27)(H,28,31)/b4-3-,18-7+. The summed E-state index contributed by atoms with van der Waals surface area (Å²) < 4.78 is 2.02. The lowest BCUT2D eigenvalue weighted by Crippen LogP contribution is -2.29. The Balaban J connectivity index is 1.66. The van der Waals surface area contributed by atoms with Crippen LogP contribution in [0.4, 0.5) is 5.82 Å². The monoisotopic (exact) mass is 417 g/mol. The van der Waals surface area contributed by atoms with Gasteiger partial charge >= 0.3 is 0 Å². The van der Waals surface area contributed by atoms with E-state index in [1.165, 1.54) is 0 Å². The van der Waals surface area contributed by atoms with Gasteiger partial charge in [0.25, 0.3) is 5.91 Å². The van der Waals surface area contributed by atoms with Crippen molar-refractivity contribution in [3.05, 3.63) is 72.1 Å². The van der Waals surface area contributed by atoms with Gasteiger partial charge in [-0.1, -0.05) is 24.3 Å². The van der Waals surface area contributed by atoms with Crippen molar-refractivity contribution in [1.29, 1.82) is 0 Å². The molecule has 1 aliphatic heterocycles. The third kappa shape index (κ3) is 4.15. The predicted octanol–water partition coefficient (Wildman–Crippen LogP) is 2.77. The van der Waals surface area contributed by atoms with Crippen LogP contribution in [-0.2, 0) is 0 Å². The zero-order valence-electron chi connectivity index (χ0n) is 17.7. The molecule has 8 nitrogen and oxygen atoms in total. The molecule has 0 bridgehead atoms. The molecule has 1 fully saturated rings. The van der Waals surface area contributed by atoms with Gasteiger partial charge in [-0.2, -0.15) is 0 Å². The molecule has 8 heteroatoms. The Kier molecular flexibility index (Phi) is 5.99. The highest BCUT2D eigenvalue weighted by atomic mass is 16.1. The number of hydrogen-bond donors (Lipinski definition) is 4. The summed E-state index contributed by atoms with van der Waals surface area (Å²) in [6.45, 7) is 2.90. The van der Waals surface area contributed by atoms with E-state index in [-0.39, 0.29) is 11.9 Å². The van der Waals surface area contributed by atoms with E-state index in [9.17, 15) is 4.79 Å². The second-order valence-corrected chi connectivity index (χ2v) is 7.39. The molecule has 4 rings (SSSR count). The van der Waals surface area contributed by atoms with Crippen LogP contribution < -0.4 is 21.7 Å². The minimum absolute atomic E-state index is 0.191. The Bertz CT molecular complexity index is 1140. The quantitative estimate of drug-likeness (QED) is 0.459. The molecule has 0 spiro atoms. The molecule has 1 unspecified atom stereocenters. The first-order chi connectivity index (χ1) is 15.1. The Labute approximate surface area is 181 Å². The minimum Gasteiger partial charge on any atom is -0.382 e. The van der Waals surface area contributed by atoms with Gasteiger partial charge in [-0.05, 0) is 44.5 Å². The maximum atomic E-state index is 12.6. The molecule has 1 aromatic carbocycles. The largest absolute Gasteiger partial charge is 0.382 e. The van der Waals surface area contributed by atoms with Crippen molar-refractivity contribution in [2.75, 3.05) is 19.3 Å². The molecule has 31 heavy (non-hydrogen) atoms. The number of carbonyl (C=O) groups is 1. The van der Waals surface area contributed by atoms with Crippen molar-refractivity contribution in [2.24, 2.45) is 0 Å². The van der Waals surface area contributed by atoms with Crippen molar-refractivity contribution >= 4 is 17.2 Å². The lowest BCUT2D eigenvalue weighted by molar-refractivity contribution is 0.0963. The fraction of sp³-hybridized carbons (Fsp3) is 0.261. The third-order valence-corrected chi connectivity index (χ3v) is 5.38. The van der Waals surface area contributed by atoms with E-state index in [2.05, 4.69) is 20.9 Å². The molecule has 2 aromatic heterocycles. The number of carbonyl (C=O) groups excluding carboxylic acids is 1. The lowest BCUT2D eigenvalue weighted by atomic mass is 10.1.